The number of ether oxygens (including phenoxy) is 1. The van der Waals surface area contributed by atoms with E-state index in [-0.39, 0.29) is 18.7 Å². The van der Waals surface area contributed by atoms with Gasteiger partial charge >= 0.3 is 6.09 Å². The molecule has 3 N–H and O–H groups in total. The van der Waals surface area contributed by atoms with Crippen molar-refractivity contribution in [2.24, 2.45) is 5.73 Å². The summed E-state index contributed by atoms with van der Waals surface area (Å²) in [6.45, 7) is 0.238. The Morgan fingerprint density at radius 3 is 2.95 bits per heavy atom. The van der Waals surface area contributed by atoms with Crippen LogP contribution in [0.2, 0.25) is 0 Å². The molecule has 0 unspecified atom stereocenters. The maximum Gasteiger partial charge on any atom is 0.404 e. The van der Waals surface area contributed by atoms with E-state index in [4.69, 9.17) is 18.0 Å². The Morgan fingerprint density at radius 1 is 1.43 bits per heavy atom. The summed E-state index contributed by atoms with van der Waals surface area (Å²) in [6.07, 6.45) is 3.39. The number of nitrogens with one attached hydrogen (secondary N) is 1. The van der Waals surface area contributed by atoms with E-state index in [2.05, 4.69) is 9.72 Å². The van der Waals surface area contributed by atoms with Crippen molar-refractivity contribution < 1.29 is 9.53 Å². The monoisotopic (exact) mass is 325 g/mol. The number of rotatable bonds is 3. The van der Waals surface area contributed by atoms with Gasteiger partial charge in [-0.25, -0.2) is 4.79 Å². The minimum atomic E-state index is -0.855. The van der Waals surface area contributed by atoms with Gasteiger partial charge in [-0.15, -0.1) is 11.3 Å². The van der Waals surface area contributed by atoms with Crippen molar-refractivity contribution in [3.8, 4) is 0 Å². The summed E-state index contributed by atoms with van der Waals surface area (Å²) in [6, 6.07) is 0. The van der Waals surface area contributed by atoms with Gasteiger partial charge in [0, 0.05) is 4.88 Å². The molecule has 0 spiro atoms. The Balaban J connectivity index is 2.07. The fourth-order valence-electron chi connectivity index (χ4n) is 2.71. The number of fused-ring (bicyclic) bond motifs is 3. The molecule has 1 amide bonds. The van der Waals surface area contributed by atoms with Gasteiger partial charge in [-0.05, 0) is 43.5 Å². The number of H-pyrrole nitrogens is 1. The van der Waals surface area contributed by atoms with E-state index in [1.807, 2.05) is 0 Å². The Labute approximate surface area is 129 Å². The molecule has 6 nitrogen and oxygen atoms in total. The number of hydrogen-bond donors (Lipinski definition) is 2. The molecule has 2 heterocycles. The summed E-state index contributed by atoms with van der Waals surface area (Å²) in [4.78, 5) is 28.5. The van der Waals surface area contributed by atoms with E-state index in [9.17, 15) is 9.59 Å². The standard InChI is InChI=1S/C13H15N3O3S2/c14-12(18)19-6-5-16-11(17)9-7-3-1-2-4-8(7)21-10(9)15-13(16)20/h1-6H2,(H2,14,18)(H,15,20). The van der Waals surface area contributed by atoms with Crippen molar-refractivity contribution in [1.82, 2.24) is 9.55 Å². The van der Waals surface area contributed by atoms with Gasteiger partial charge in [0.2, 0.25) is 0 Å². The first-order valence-electron chi connectivity index (χ1n) is 6.77. The zero-order valence-electron chi connectivity index (χ0n) is 11.3. The molecule has 0 aliphatic heterocycles. The number of amides is 1. The first-order chi connectivity index (χ1) is 10.1. The summed E-state index contributed by atoms with van der Waals surface area (Å²) < 4.78 is 6.46. The number of nitrogens with two attached hydrogens (primary N) is 1. The highest BCUT2D eigenvalue weighted by atomic mass is 32.1. The van der Waals surface area contributed by atoms with Gasteiger partial charge in [-0.1, -0.05) is 0 Å². The van der Waals surface area contributed by atoms with Crippen molar-refractivity contribution in [1.29, 1.82) is 0 Å². The van der Waals surface area contributed by atoms with E-state index in [1.165, 1.54) is 15.9 Å². The average Bonchev–Trinajstić information content (AvgIpc) is 2.80. The molecule has 2 aromatic heterocycles. The zero-order chi connectivity index (χ0) is 15.0. The lowest BCUT2D eigenvalue weighted by atomic mass is 9.97. The number of carbonyl (C=O) groups excluding carboxylic acids is 1. The van der Waals surface area contributed by atoms with Crippen LogP contribution in [0.5, 0.6) is 0 Å². The molecule has 0 fully saturated rings. The Kier molecular flexibility index (Phi) is 3.81. The second kappa shape index (κ2) is 5.61. The molecule has 3 rings (SSSR count). The Hall–Kier alpha value is -1.67. The molecule has 0 aromatic carbocycles. The summed E-state index contributed by atoms with van der Waals surface area (Å²) in [5.41, 5.74) is 5.96. The van der Waals surface area contributed by atoms with Crippen molar-refractivity contribution in [3.63, 3.8) is 0 Å². The van der Waals surface area contributed by atoms with E-state index in [0.29, 0.717) is 4.77 Å². The first-order valence-corrected chi connectivity index (χ1v) is 8.00. The van der Waals surface area contributed by atoms with E-state index in [1.54, 1.807) is 11.3 Å². The molecule has 112 valence electrons. The van der Waals surface area contributed by atoms with Crippen LogP contribution in [0.1, 0.15) is 23.3 Å². The molecule has 0 radical (unpaired) electrons. The van der Waals surface area contributed by atoms with E-state index >= 15 is 0 Å². The van der Waals surface area contributed by atoms with Crippen LogP contribution in [0.15, 0.2) is 4.79 Å². The van der Waals surface area contributed by atoms with Crippen LogP contribution in [-0.2, 0) is 24.1 Å². The van der Waals surface area contributed by atoms with Crippen LogP contribution in [0.25, 0.3) is 10.2 Å². The second-order valence-electron chi connectivity index (χ2n) is 4.97. The largest absolute Gasteiger partial charge is 0.448 e. The molecule has 0 saturated heterocycles. The van der Waals surface area contributed by atoms with Crippen LogP contribution in [0, 0.1) is 4.77 Å². The summed E-state index contributed by atoms with van der Waals surface area (Å²) in [5.74, 6) is 0. The van der Waals surface area contributed by atoms with Gasteiger partial charge in [-0.2, -0.15) is 0 Å². The van der Waals surface area contributed by atoms with Crippen molar-refractivity contribution in [3.05, 3.63) is 25.6 Å². The molecular formula is C13H15N3O3S2. The van der Waals surface area contributed by atoms with Gasteiger partial charge in [-0.3, -0.25) is 9.36 Å². The van der Waals surface area contributed by atoms with Crippen LogP contribution in [-0.4, -0.2) is 22.3 Å². The third kappa shape index (κ3) is 2.60. The molecule has 21 heavy (non-hydrogen) atoms. The van der Waals surface area contributed by atoms with Crippen LogP contribution in [0.3, 0.4) is 0 Å². The number of nitrogens with zero attached hydrogens (tertiary/aromatic N) is 1. The number of hydrogen-bond acceptors (Lipinski definition) is 5. The van der Waals surface area contributed by atoms with Crippen LogP contribution < -0.4 is 11.3 Å². The molecular weight excluding hydrogens is 310 g/mol. The Bertz CT molecular complexity index is 818. The third-order valence-corrected chi connectivity index (χ3v) is 5.18. The number of aryl methyl sites for hydroxylation is 2. The van der Waals surface area contributed by atoms with Gasteiger partial charge < -0.3 is 15.5 Å². The SMILES string of the molecule is NC(=O)OCCn1c(=S)[nH]c2sc3c(c2c1=O)CCCC3. The lowest BCUT2D eigenvalue weighted by Crippen LogP contribution is -2.26. The summed E-state index contributed by atoms with van der Waals surface area (Å²) in [7, 11) is 0. The van der Waals surface area contributed by atoms with Gasteiger partial charge in [0.25, 0.3) is 5.56 Å². The minimum Gasteiger partial charge on any atom is -0.448 e. The van der Waals surface area contributed by atoms with Gasteiger partial charge in [0.05, 0.1) is 11.9 Å². The molecule has 0 atom stereocenters. The normalized spacial score (nSPS) is 14.1. The predicted molar refractivity (Wildman–Crippen MR) is 83.4 cm³/mol. The molecule has 2 aromatic rings. The number of thiophene rings is 1. The highest BCUT2D eigenvalue weighted by molar-refractivity contribution is 7.71. The van der Waals surface area contributed by atoms with E-state index < -0.39 is 6.09 Å². The summed E-state index contributed by atoms with van der Waals surface area (Å²) >= 11 is 6.85. The molecule has 1 aliphatic rings. The van der Waals surface area contributed by atoms with Crippen molar-refractivity contribution >= 4 is 39.9 Å². The number of primary amides is 1. The van der Waals surface area contributed by atoms with Crippen molar-refractivity contribution in [2.75, 3.05) is 6.61 Å². The van der Waals surface area contributed by atoms with Crippen LogP contribution in [0.4, 0.5) is 4.79 Å². The topological polar surface area (TPSA) is 90.1 Å². The van der Waals surface area contributed by atoms with Gasteiger partial charge in [0.1, 0.15) is 11.4 Å². The lowest BCUT2D eigenvalue weighted by Gasteiger charge is -2.10. The zero-order valence-corrected chi connectivity index (χ0v) is 12.9. The van der Waals surface area contributed by atoms with Gasteiger partial charge in [0.15, 0.2) is 4.77 Å². The molecule has 1 aliphatic carbocycles. The fraction of sp³-hybridized carbons (Fsp3) is 0.462. The number of aromatic amines is 1. The lowest BCUT2D eigenvalue weighted by molar-refractivity contribution is 0.151. The van der Waals surface area contributed by atoms with E-state index in [0.717, 1.165) is 35.0 Å². The maximum atomic E-state index is 12.7. The number of carbonyl (C=O) groups is 1. The maximum absolute atomic E-state index is 12.7. The highest BCUT2D eigenvalue weighted by Crippen LogP contribution is 2.33. The fourth-order valence-corrected chi connectivity index (χ4v) is 4.33. The average molecular weight is 325 g/mol. The smallest absolute Gasteiger partial charge is 0.404 e. The minimum absolute atomic E-state index is 0.0323. The van der Waals surface area contributed by atoms with Crippen LogP contribution >= 0.6 is 23.6 Å². The molecule has 0 saturated carbocycles. The molecule has 0 bridgehead atoms. The second-order valence-corrected chi connectivity index (χ2v) is 6.46. The highest BCUT2D eigenvalue weighted by Gasteiger charge is 2.20. The third-order valence-electron chi connectivity index (χ3n) is 3.66. The predicted octanol–water partition coefficient (Wildman–Crippen LogP) is 2.09. The summed E-state index contributed by atoms with van der Waals surface area (Å²) in [5, 5.41) is 0.738. The Morgan fingerprint density at radius 2 is 2.19 bits per heavy atom. The number of aromatic nitrogens is 2. The first kappa shape index (κ1) is 14.3. The molecule has 8 heteroatoms. The van der Waals surface area contributed by atoms with Crippen molar-refractivity contribution in [2.45, 2.75) is 32.2 Å². The quantitative estimate of drug-likeness (QED) is 0.846.